The van der Waals surface area contributed by atoms with Crippen LogP contribution in [0.2, 0.25) is 0 Å². The number of hydrogen-bond acceptors (Lipinski definition) is 2. The molecule has 0 aromatic rings. The molecule has 0 saturated heterocycles. The van der Waals surface area contributed by atoms with Crippen molar-refractivity contribution >= 4 is 11.9 Å². The number of hydrogen-bond donors (Lipinski definition) is 1. The van der Waals surface area contributed by atoms with Crippen molar-refractivity contribution < 1.29 is 14.7 Å². The quantitative estimate of drug-likeness (QED) is 0.689. The molecular weight excluding hydrogens is 170 g/mol. The highest BCUT2D eigenvalue weighted by Crippen LogP contribution is 2.28. The van der Waals surface area contributed by atoms with E-state index < -0.39 is 5.97 Å². The number of carbonyl (C=O) groups is 2. The Morgan fingerprint density at radius 3 is 2.38 bits per heavy atom. The minimum absolute atomic E-state index is 0.0102. The molecule has 0 radical (unpaired) electrons. The summed E-state index contributed by atoms with van der Waals surface area (Å²) in [5, 5.41) is 8.75. The summed E-state index contributed by atoms with van der Waals surface area (Å²) in [6.45, 7) is 1.51. The summed E-state index contributed by atoms with van der Waals surface area (Å²) in [4.78, 5) is 23.3. The van der Waals surface area contributed by atoms with E-state index in [0.717, 1.165) is 6.42 Å². The SMILES string of the molecule is CC(=O)N(C)[C@@H]1CC[C@H](C(=O)O)C1. The minimum atomic E-state index is -0.737. The molecule has 2 atom stereocenters. The first-order valence-corrected chi connectivity index (χ1v) is 4.48. The number of nitrogens with zero attached hydrogens (tertiary/aromatic N) is 1. The van der Waals surface area contributed by atoms with Gasteiger partial charge >= 0.3 is 5.97 Å². The fraction of sp³-hybridized carbons (Fsp3) is 0.778. The van der Waals surface area contributed by atoms with Crippen molar-refractivity contribution in [3.05, 3.63) is 0 Å². The molecule has 0 heterocycles. The third-order valence-corrected chi connectivity index (χ3v) is 2.80. The molecule has 1 amide bonds. The van der Waals surface area contributed by atoms with Crippen LogP contribution in [0, 0.1) is 5.92 Å². The molecule has 0 aliphatic heterocycles. The van der Waals surface area contributed by atoms with E-state index in [1.807, 2.05) is 0 Å². The number of carboxylic acids is 1. The van der Waals surface area contributed by atoms with Crippen molar-refractivity contribution in [1.29, 1.82) is 0 Å². The van der Waals surface area contributed by atoms with Crippen molar-refractivity contribution in [1.82, 2.24) is 4.90 Å². The van der Waals surface area contributed by atoms with Crippen LogP contribution in [0.3, 0.4) is 0 Å². The monoisotopic (exact) mass is 185 g/mol. The summed E-state index contributed by atoms with van der Waals surface area (Å²) < 4.78 is 0. The Morgan fingerprint density at radius 2 is 2.00 bits per heavy atom. The number of rotatable bonds is 2. The maximum atomic E-state index is 11.0. The van der Waals surface area contributed by atoms with E-state index >= 15 is 0 Å². The second-order valence-electron chi connectivity index (χ2n) is 3.63. The Morgan fingerprint density at radius 1 is 1.38 bits per heavy atom. The second-order valence-corrected chi connectivity index (χ2v) is 3.63. The van der Waals surface area contributed by atoms with Gasteiger partial charge in [-0.3, -0.25) is 9.59 Å². The van der Waals surface area contributed by atoms with Crippen LogP contribution in [0.5, 0.6) is 0 Å². The Balaban J connectivity index is 2.49. The van der Waals surface area contributed by atoms with Crippen LogP contribution in [0.15, 0.2) is 0 Å². The molecule has 1 fully saturated rings. The molecule has 1 saturated carbocycles. The van der Waals surface area contributed by atoms with Gasteiger partial charge in [-0.1, -0.05) is 0 Å². The van der Waals surface area contributed by atoms with Crippen LogP contribution in [0.4, 0.5) is 0 Å². The fourth-order valence-electron chi connectivity index (χ4n) is 1.79. The normalized spacial score (nSPS) is 27.2. The van der Waals surface area contributed by atoms with E-state index in [4.69, 9.17) is 5.11 Å². The molecule has 13 heavy (non-hydrogen) atoms. The largest absolute Gasteiger partial charge is 0.481 e. The topological polar surface area (TPSA) is 57.6 Å². The summed E-state index contributed by atoms with van der Waals surface area (Å²) >= 11 is 0. The van der Waals surface area contributed by atoms with Gasteiger partial charge in [0.1, 0.15) is 0 Å². The van der Waals surface area contributed by atoms with E-state index in [9.17, 15) is 9.59 Å². The van der Waals surface area contributed by atoms with Crippen LogP contribution in [0.25, 0.3) is 0 Å². The van der Waals surface area contributed by atoms with E-state index in [0.29, 0.717) is 12.8 Å². The molecule has 4 heteroatoms. The van der Waals surface area contributed by atoms with Gasteiger partial charge in [0.2, 0.25) is 5.91 Å². The zero-order valence-electron chi connectivity index (χ0n) is 7.99. The summed E-state index contributed by atoms with van der Waals surface area (Å²) in [6.07, 6.45) is 2.11. The standard InChI is InChI=1S/C9H15NO3/c1-6(11)10(2)8-4-3-7(5-8)9(12)13/h7-8H,3-5H2,1-2H3,(H,12,13)/t7-,8+/m0/s1. The van der Waals surface area contributed by atoms with Gasteiger partial charge in [-0.2, -0.15) is 0 Å². The average Bonchev–Trinajstić information content (AvgIpc) is 2.50. The van der Waals surface area contributed by atoms with Crippen LogP contribution < -0.4 is 0 Å². The molecule has 4 nitrogen and oxygen atoms in total. The highest BCUT2D eigenvalue weighted by molar-refractivity contribution is 5.74. The summed E-state index contributed by atoms with van der Waals surface area (Å²) in [7, 11) is 1.73. The Kier molecular flexibility index (Phi) is 2.90. The van der Waals surface area contributed by atoms with Crippen molar-refractivity contribution in [3.63, 3.8) is 0 Å². The molecule has 1 N–H and O–H groups in total. The lowest BCUT2D eigenvalue weighted by atomic mass is 10.1. The third-order valence-electron chi connectivity index (χ3n) is 2.80. The van der Waals surface area contributed by atoms with E-state index in [-0.39, 0.29) is 17.9 Å². The number of aliphatic carboxylic acids is 1. The number of carbonyl (C=O) groups excluding carboxylic acids is 1. The maximum Gasteiger partial charge on any atom is 0.306 e. The molecule has 74 valence electrons. The van der Waals surface area contributed by atoms with Gasteiger partial charge in [-0.25, -0.2) is 0 Å². The van der Waals surface area contributed by atoms with Crippen LogP contribution >= 0.6 is 0 Å². The predicted octanol–water partition coefficient (Wildman–Crippen LogP) is 0.718. The summed E-state index contributed by atoms with van der Waals surface area (Å²) in [5.74, 6) is -0.984. The Bertz CT molecular complexity index is 227. The molecule has 0 aromatic carbocycles. The molecule has 0 spiro atoms. The van der Waals surface area contributed by atoms with Crippen molar-refractivity contribution in [3.8, 4) is 0 Å². The highest BCUT2D eigenvalue weighted by atomic mass is 16.4. The lowest BCUT2D eigenvalue weighted by Gasteiger charge is -2.22. The van der Waals surface area contributed by atoms with Crippen LogP contribution in [-0.4, -0.2) is 35.0 Å². The molecule has 1 rings (SSSR count). The van der Waals surface area contributed by atoms with E-state index in [1.165, 1.54) is 6.92 Å². The van der Waals surface area contributed by atoms with Crippen LogP contribution in [0.1, 0.15) is 26.2 Å². The average molecular weight is 185 g/mol. The molecular formula is C9H15NO3. The lowest BCUT2D eigenvalue weighted by molar-refractivity contribution is -0.142. The summed E-state index contributed by atoms with van der Waals surface area (Å²) in [6, 6.07) is 0.124. The van der Waals surface area contributed by atoms with Gasteiger partial charge in [0.05, 0.1) is 5.92 Å². The van der Waals surface area contributed by atoms with Gasteiger partial charge in [0.15, 0.2) is 0 Å². The van der Waals surface area contributed by atoms with E-state index in [1.54, 1.807) is 11.9 Å². The lowest BCUT2D eigenvalue weighted by Crippen LogP contribution is -2.33. The zero-order valence-corrected chi connectivity index (χ0v) is 7.99. The Labute approximate surface area is 77.5 Å². The van der Waals surface area contributed by atoms with Gasteiger partial charge in [0, 0.05) is 20.0 Å². The molecule has 1 aliphatic carbocycles. The first-order chi connectivity index (χ1) is 6.02. The fourth-order valence-corrected chi connectivity index (χ4v) is 1.79. The maximum absolute atomic E-state index is 11.0. The first kappa shape index (κ1) is 10.0. The molecule has 1 aliphatic rings. The molecule has 0 aromatic heterocycles. The first-order valence-electron chi connectivity index (χ1n) is 4.48. The van der Waals surface area contributed by atoms with Gasteiger partial charge in [0.25, 0.3) is 0 Å². The minimum Gasteiger partial charge on any atom is -0.481 e. The highest BCUT2D eigenvalue weighted by Gasteiger charge is 2.32. The Hall–Kier alpha value is -1.06. The molecule has 0 unspecified atom stereocenters. The zero-order chi connectivity index (χ0) is 10.0. The summed E-state index contributed by atoms with van der Waals surface area (Å²) in [5.41, 5.74) is 0. The van der Waals surface area contributed by atoms with Crippen LogP contribution in [-0.2, 0) is 9.59 Å². The molecule has 0 bridgehead atoms. The number of amides is 1. The predicted molar refractivity (Wildman–Crippen MR) is 47.2 cm³/mol. The van der Waals surface area contributed by atoms with Gasteiger partial charge < -0.3 is 10.0 Å². The van der Waals surface area contributed by atoms with Crippen molar-refractivity contribution in [2.75, 3.05) is 7.05 Å². The third kappa shape index (κ3) is 2.20. The smallest absolute Gasteiger partial charge is 0.306 e. The van der Waals surface area contributed by atoms with E-state index in [2.05, 4.69) is 0 Å². The second kappa shape index (κ2) is 3.77. The van der Waals surface area contributed by atoms with Gasteiger partial charge in [-0.15, -0.1) is 0 Å². The van der Waals surface area contributed by atoms with Crippen molar-refractivity contribution in [2.24, 2.45) is 5.92 Å². The van der Waals surface area contributed by atoms with Crippen molar-refractivity contribution in [2.45, 2.75) is 32.2 Å². The van der Waals surface area contributed by atoms with Gasteiger partial charge in [-0.05, 0) is 19.3 Å². The number of carboxylic acid groups (broad SMARTS) is 1.